The average Bonchev–Trinajstić information content (AvgIpc) is 3.84. The van der Waals surface area contributed by atoms with Gasteiger partial charge >= 0.3 is 0 Å². The minimum Gasteiger partial charge on any atom is -0.455 e. The second-order valence-electron chi connectivity index (χ2n) is 14.7. The third-order valence-corrected chi connectivity index (χ3v) is 11.7. The average molecular weight is 713 g/mol. The zero-order chi connectivity index (χ0) is 36.7. The number of fused-ring (bicyclic) bond motifs is 9. The van der Waals surface area contributed by atoms with Gasteiger partial charge in [-0.05, 0) is 96.0 Å². The van der Waals surface area contributed by atoms with Gasteiger partial charge in [0, 0.05) is 32.7 Å². The van der Waals surface area contributed by atoms with Crippen LogP contribution in [0.5, 0.6) is 0 Å². The van der Waals surface area contributed by atoms with E-state index in [2.05, 4.69) is 182 Å². The lowest BCUT2D eigenvalue weighted by molar-refractivity contribution is 0.669. The van der Waals surface area contributed by atoms with Gasteiger partial charge in [-0.3, -0.25) is 0 Å². The molecule has 0 bridgehead atoms. The second kappa shape index (κ2) is 12.0. The van der Waals surface area contributed by atoms with Gasteiger partial charge in [0.05, 0.1) is 0 Å². The van der Waals surface area contributed by atoms with Gasteiger partial charge in [0.15, 0.2) is 0 Å². The molecule has 0 aliphatic rings. The summed E-state index contributed by atoms with van der Waals surface area (Å²) in [6, 6.07) is 69.9. The minimum absolute atomic E-state index is 0.895. The van der Waals surface area contributed by atoms with Gasteiger partial charge in [0.1, 0.15) is 22.3 Å². The molecule has 0 saturated heterocycles. The van der Waals surface area contributed by atoms with Crippen molar-refractivity contribution in [3.05, 3.63) is 194 Å². The molecule has 0 saturated carbocycles. The maximum atomic E-state index is 6.67. The summed E-state index contributed by atoms with van der Waals surface area (Å²) in [6.45, 7) is 0. The minimum atomic E-state index is 0.895. The highest BCUT2D eigenvalue weighted by Gasteiger charge is 2.22. The van der Waals surface area contributed by atoms with E-state index in [4.69, 9.17) is 8.83 Å². The highest BCUT2D eigenvalue weighted by Crippen LogP contribution is 2.48. The fourth-order valence-corrected chi connectivity index (χ4v) is 9.15. The normalized spacial score (nSPS) is 11.9. The fraction of sp³-hybridized carbons (Fsp3) is 0. The molecule has 2 nitrogen and oxygen atoms in total. The van der Waals surface area contributed by atoms with Gasteiger partial charge in [0.25, 0.3) is 0 Å². The third kappa shape index (κ3) is 4.57. The lowest BCUT2D eigenvalue weighted by Gasteiger charge is -2.20. The number of rotatable bonds is 4. The quantitative estimate of drug-likeness (QED) is 0.170. The molecule has 0 aliphatic carbocycles. The first kappa shape index (κ1) is 31.0. The van der Waals surface area contributed by atoms with E-state index in [0.29, 0.717) is 0 Å². The Hall–Kier alpha value is -7.42. The first-order chi connectivity index (χ1) is 27.8. The SMILES string of the molecule is c1ccc(-c2cc3ccccc3cc2-c2c3cccc(-c4cccc5c4oc4ccccc45)c3cc3c(-c4cccc5c4oc4ccccc45)cccc23)cc1. The molecule has 0 N–H and O–H groups in total. The van der Waals surface area contributed by atoms with Crippen molar-refractivity contribution in [3.8, 4) is 44.5 Å². The Morgan fingerprint density at radius 2 is 0.679 bits per heavy atom. The van der Waals surface area contributed by atoms with Gasteiger partial charge in [-0.1, -0.05) is 164 Å². The summed E-state index contributed by atoms with van der Waals surface area (Å²) >= 11 is 0. The van der Waals surface area contributed by atoms with E-state index in [-0.39, 0.29) is 0 Å². The van der Waals surface area contributed by atoms with Crippen LogP contribution in [-0.4, -0.2) is 0 Å². The van der Waals surface area contributed by atoms with Gasteiger partial charge in [-0.25, -0.2) is 0 Å². The molecule has 0 aliphatic heterocycles. The third-order valence-electron chi connectivity index (χ3n) is 11.7. The summed E-state index contributed by atoms with van der Waals surface area (Å²) in [4.78, 5) is 0. The lowest BCUT2D eigenvalue weighted by Crippen LogP contribution is -1.93. The van der Waals surface area contributed by atoms with E-state index >= 15 is 0 Å². The Balaban J connectivity index is 1.25. The van der Waals surface area contributed by atoms with Crippen LogP contribution in [0.2, 0.25) is 0 Å². The van der Waals surface area contributed by atoms with Gasteiger partial charge in [0.2, 0.25) is 0 Å². The predicted octanol–water partition coefficient (Wildman–Crippen LogP) is 15.6. The van der Waals surface area contributed by atoms with Crippen LogP contribution in [0.4, 0.5) is 0 Å². The summed E-state index contributed by atoms with van der Waals surface area (Å²) in [5.74, 6) is 0. The topological polar surface area (TPSA) is 26.3 Å². The zero-order valence-electron chi connectivity index (χ0n) is 30.3. The molecule has 0 radical (unpaired) electrons. The van der Waals surface area contributed by atoms with Crippen molar-refractivity contribution in [3.63, 3.8) is 0 Å². The number of furan rings is 2. The molecule has 0 amide bonds. The molecule has 0 unspecified atom stereocenters. The Morgan fingerprint density at radius 1 is 0.250 bits per heavy atom. The molecule has 260 valence electrons. The summed E-state index contributed by atoms with van der Waals surface area (Å²) < 4.78 is 13.3. The van der Waals surface area contributed by atoms with Crippen LogP contribution in [0.3, 0.4) is 0 Å². The predicted molar refractivity (Wildman–Crippen MR) is 235 cm³/mol. The second-order valence-corrected chi connectivity index (χ2v) is 14.7. The van der Waals surface area contributed by atoms with E-state index in [1.807, 2.05) is 12.1 Å². The van der Waals surface area contributed by atoms with Crippen LogP contribution in [0.15, 0.2) is 203 Å². The van der Waals surface area contributed by atoms with Gasteiger partial charge in [-0.2, -0.15) is 0 Å². The monoisotopic (exact) mass is 712 g/mol. The largest absolute Gasteiger partial charge is 0.455 e. The van der Waals surface area contributed by atoms with Crippen molar-refractivity contribution in [1.29, 1.82) is 0 Å². The molecule has 56 heavy (non-hydrogen) atoms. The highest BCUT2D eigenvalue weighted by molar-refractivity contribution is 6.23. The van der Waals surface area contributed by atoms with Gasteiger partial charge < -0.3 is 8.83 Å². The molecule has 12 rings (SSSR count). The lowest BCUT2D eigenvalue weighted by atomic mass is 9.83. The van der Waals surface area contributed by atoms with E-state index in [1.54, 1.807) is 0 Å². The van der Waals surface area contributed by atoms with Crippen molar-refractivity contribution in [2.45, 2.75) is 0 Å². The number of hydrogen-bond acceptors (Lipinski definition) is 2. The molecule has 2 heterocycles. The fourth-order valence-electron chi connectivity index (χ4n) is 9.15. The summed E-state index contributed by atoms with van der Waals surface area (Å²) in [5, 5.41) is 11.6. The van der Waals surface area contributed by atoms with Crippen LogP contribution in [0, 0.1) is 0 Å². The Bertz CT molecular complexity index is 3360. The molecule has 2 heteroatoms. The number of benzene rings is 10. The van der Waals surface area contributed by atoms with Crippen LogP contribution in [0.25, 0.3) is 121 Å². The molecule has 0 fully saturated rings. The number of para-hydroxylation sites is 4. The van der Waals surface area contributed by atoms with Crippen molar-refractivity contribution in [2.24, 2.45) is 0 Å². The van der Waals surface area contributed by atoms with E-state index in [9.17, 15) is 0 Å². The van der Waals surface area contributed by atoms with Crippen molar-refractivity contribution in [2.75, 3.05) is 0 Å². The molecule has 0 spiro atoms. The van der Waals surface area contributed by atoms with E-state index < -0.39 is 0 Å². The molecular formula is C54H32O2. The molecule has 10 aromatic carbocycles. The van der Waals surface area contributed by atoms with Crippen LogP contribution >= 0.6 is 0 Å². The first-order valence-electron chi connectivity index (χ1n) is 19.2. The molecular weight excluding hydrogens is 681 g/mol. The molecule has 12 aromatic rings. The highest BCUT2D eigenvalue weighted by atomic mass is 16.3. The maximum Gasteiger partial charge on any atom is 0.143 e. The van der Waals surface area contributed by atoms with E-state index in [0.717, 1.165) is 66.1 Å². The smallest absolute Gasteiger partial charge is 0.143 e. The van der Waals surface area contributed by atoms with Crippen molar-refractivity contribution < 1.29 is 8.83 Å². The zero-order valence-corrected chi connectivity index (χ0v) is 30.3. The van der Waals surface area contributed by atoms with Gasteiger partial charge in [-0.15, -0.1) is 0 Å². The Kier molecular flexibility index (Phi) is 6.66. The van der Waals surface area contributed by atoms with Crippen LogP contribution in [-0.2, 0) is 0 Å². The Morgan fingerprint density at radius 3 is 1.23 bits per heavy atom. The Labute approximate surface area is 322 Å². The van der Waals surface area contributed by atoms with Crippen LogP contribution in [0.1, 0.15) is 0 Å². The van der Waals surface area contributed by atoms with Crippen molar-refractivity contribution >= 4 is 76.2 Å². The summed E-state index contributed by atoms with van der Waals surface area (Å²) in [6.07, 6.45) is 0. The van der Waals surface area contributed by atoms with E-state index in [1.165, 1.54) is 54.6 Å². The van der Waals surface area contributed by atoms with Crippen molar-refractivity contribution in [1.82, 2.24) is 0 Å². The standard InChI is InChI=1S/C54H32O2/c1-2-14-33(15-3-1)46-30-34-16-4-5-17-35(34)31-49(46)52-40-22-10-20-36(42-24-12-26-44-38-18-6-8-28-50(38)55-53(42)44)47(40)32-48-37(21-11-23-41(48)52)43-25-13-27-45-39-19-7-9-29-51(39)56-54(43)45/h1-32H. The maximum absolute atomic E-state index is 6.67. The first-order valence-corrected chi connectivity index (χ1v) is 19.2. The molecule has 0 atom stereocenters. The number of hydrogen-bond donors (Lipinski definition) is 0. The molecule has 2 aromatic heterocycles. The summed E-state index contributed by atoms with van der Waals surface area (Å²) in [5.41, 5.74) is 12.8. The van der Waals surface area contributed by atoms with Crippen LogP contribution < -0.4 is 0 Å². The summed E-state index contributed by atoms with van der Waals surface area (Å²) in [7, 11) is 0.